The predicted molar refractivity (Wildman–Crippen MR) is 64.6 cm³/mol. The topological polar surface area (TPSA) is 38.9 Å². The van der Waals surface area contributed by atoms with Crippen molar-refractivity contribution in [1.29, 1.82) is 0 Å². The van der Waals surface area contributed by atoms with E-state index < -0.39 is 0 Å². The lowest BCUT2D eigenvalue weighted by Crippen LogP contribution is -2.08. The van der Waals surface area contributed by atoms with Gasteiger partial charge in [0.25, 0.3) is 0 Å². The minimum Gasteiger partial charge on any atom is -0.389 e. The molecule has 0 aliphatic carbocycles. The smallest absolute Gasteiger partial charge is 0.116 e. The summed E-state index contributed by atoms with van der Waals surface area (Å²) < 4.78 is 0. The fourth-order valence-electron chi connectivity index (χ4n) is 0.932. The van der Waals surface area contributed by atoms with Crippen molar-refractivity contribution < 1.29 is 0 Å². The summed E-state index contributed by atoms with van der Waals surface area (Å²) in [5.74, 6) is 2.08. The van der Waals surface area contributed by atoms with Crippen LogP contribution in [0.3, 0.4) is 0 Å². The molecule has 1 aromatic heterocycles. The van der Waals surface area contributed by atoms with Gasteiger partial charge in [0.1, 0.15) is 10.00 Å². The molecule has 0 spiro atoms. The molecule has 0 bridgehead atoms. The second-order valence-electron chi connectivity index (χ2n) is 2.52. The maximum atomic E-state index is 5.55. The fourth-order valence-corrected chi connectivity index (χ4v) is 2.85. The van der Waals surface area contributed by atoms with E-state index in [1.165, 1.54) is 0 Å². The van der Waals surface area contributed by atoms with Gasteiger partial charge in [-0.2, -0.15) is 11.8 Å². The van der Waals surface area contributed by atoms with E-state index in [-0.39, 0.29) is 0 Å². The van der Waals surface area contributed by atoms with Gasteiger partial charge < -0.3 is 5.73 Å². The first-order chi connectivity index (χ1) is 6.15. The number of nitrogens with zero attached hydrogens (tertiary/aromatic N) is 1. The Morgan fingerprint density at radius 2 is 2.38 bits per heavy atom. The Morgan fingerprint density at radius 1 is 1.69 bits per heavy atom. The maximum Gasteiger partial charge on any atom is 0.116 e. The minimum absolute atomic E-state index is 0.461. The summed E-state index contributed by atoms with van der Waals surface area (Å²) in [6.07, 6.45) is 0. The van der Waals surface area contributed by atoms with Gasteiger partial charge in [-0.15, -0.1) is 11.3 Å². The third-order valence-corrected chi connectivity index (χ3v) is 4.09. The van der Waals surface area contributed by atoms with E-state index in [1.807, 2.05) is 18.7 Å². The average molecular weight is 232 g/mol. The molecular formula is C8H12N2S3. The Balaban J connectivity index is 2.76. The molecule has 5 heteroatoms. The second-order valence-corrected chi connectivity index (χ2v) is 5.32. The number of rotatable bonds is 4. The van der Waals surface area contributed by atoms with Crippen molar-refractivity contribution in [3.8, 4) is 0 Å². The Hall–Kier alpha value is -0.130. The van der Waals surface area contributed by atoms with Crippen LogP contribution >= 0.6 is 35.3 Å². The minimum atomic E-state index is 0.461. The van der Waals surface area contributed by atoms with Crippen LogP contribution in [0.15, 0.2) is 0 Å². The molecule has 0 radical (unpaired) electrons. The summed E-state index contributed by atoms with van der Waals surface area (Å²) in [4.78, 5) is 5.82. The summed E-state index contributed by atoms with van der Waals surface area (Å²) >= 11 is 8.38. The van der Waals surface area contributed by atoms with Crippen LogP contribution < -0.4 is 5.73 Å². The van der Waals surface area contributed by atoms with Gasteiger partial charge in [-0.3, -0.25) is 0 Å². The molecule has 2 N–H and O–H groups in total. The number of aryl methyl sites for hydroxylation is 1. The van der Waals surface area contributed by atoms with Crippen molar-refractivity contribution in [3.63, 3.8) is 0 Å². The molecule has 0 aliphatic rings. The van der Waals surface area contributed by atoms with E-state index in [9.17, 15) is 0 Å². The molecule has 1 aromatic rings. The van der Waals surface area contributed by atoms with Gasteiger partial charge in [0, 0.05) is 5.75 Å². The zero-order valence-corrected chi connectivity index (χ0v) is 10.1. The van der Waals surface area contributed by atoms with Crippen molar-refractivity contribution in [2.45, 2.75) is 19.6 Å². The monoisotopic (exact) mass is 232 g/mol. The Labute approximate surface area is 91.9 Å². The molecule has 0 saturated carbocycles. The largest absolute Gasteiger partial charge is 0.389 e. The molecule has 0 unspecified atom stereocenters. The van der Waals surface area contributed by atoms with Crippen LogP contribution in [0.1, 0.15) is 22.5 Å². The van der Waals surface area contributed by atoms with Crippen molar-refractivity contribution in [3.05, 3.63) is 15.6 Å². The van der Waals surface area contributed by atoms with Gasteiger partial charge >= 0.3 is 0 Å². The Kier molecular flexibility index (Phi) is 4.15. The fraction of sp³-hybridized carbons (Fsp3) is 0.500. The molecule has 0 amide bonds. The van der Waals surface area contributed by atoms with Gasteiger partial charge in [-0.25, -0.2) is 4.98 Å². The number of aromatic nitrogens is 1. The number of hydrogen-bond donors (Lipinski definition) is 1. The normalized spacial score (nSPS) is 10.3. The molecule has 13 heavy (non-hydrogen) atoms. The van der Waals surface area contributed by atoms with Crippen molar-refractivity contribution >= 4 is 40.3 Å². The first kappa shape index (κ1) is 10.9. The molecule has 1 rings (SSSR count). The molecule has 0 fully saturated rings. The zero-order valence-electron chi connectivity index (χ0n) is 7.66. The van der Waals surface area contributed by atoms with Crippen LogP contribution in [0.5, 0.6) is 0 Å². The van der Waals surface area contributed by atoms with Crippen molar-refractivity contribution in [2.24, 2.45) is 5.73 Å². The molecule has 0 saturated heterocycles. The molecule has 0 aromatic carbocycles. The SMILES string of the molecule is CCSCc1nc(C)c(C(N)=S)s1. The lowest BCUT2D eigenvalue weighted by Gasteiger charge is -1.91. The van der Waals surface area contributed by atoms with Gasteiger partial charge in [-0.05, 0) is 12.7 Å². The standard InChI is InChI=1S/C8H12N2S3/c1-3-12-4-6-10-5(2)7(13-6)8(9)11/h3-4H2,1-2H3,(H2,9,11). The van der Waals surface area contributed by atoms with Crippen LogP contribution in [0, 0.1) is 6.92 Å². The number of thiocarbonyl (C=S) groups is 1. The highest BCUT2D eigenvalue weighted by molar-refractivity contribution is 7.98. The van der Waals surface area contributed by atoms with Crippen LogP contribution in [0.2, 0.25) is 0 Å². The molecule has 0 aliphatic heterocycles. The van der Waals surface area contributed by atoms with E-state index in [2.05, 4.69) is 11.9 Å². The summed E-state index contributed by atoms with van der Waals surface area (Å²) in [6, 6.07) is 0. The quantitative estimate of drug-likeness (QED) is 0.809. The van der Waals surface area contributed by atoms with Crippen LogP contribution in [0.4, 0.5) is 0 Å². The highest BCUT2D eigenvalue weighted by atomic mass is 32.2. The Morgan fingerprint density at radius 3 is 2.85 bits per heavy atom. The first-order valence-electron chi connectivity index (χ1n) is 3.99. The van der Waals surface area contributed by atoms with Gasteiger partial charge in [-0.1, -0.05) is 19.1 Å². The highest BCUT2D eigenvalue weighted by Gasteiger charge is 2.08. The molecular weight excluding hydrogens is 220 g/mol. The van der Waals surface area contributed by atoms with Crippen LogP contribution in [0.25, 0.3) is 0 Å². The number of hydrogen-bond acceptors (Lipinski definition) is 4. The maximum absolute atomic E-state index is 5.55. The highest BCUT2D eigenvalue weighted by Crippen LogP contribution is 2.21. The first-order valence-corrected chi connectivity index (χ1v) is 6.37. The molecule has 2 nitrogen and oxygen atoms in total. The average Bonchev–Trinajstić information content (AvgIpc) is 2.43. The van der Waals surface area contributed by atoms with E-state index >= 15 is 0 Å². The van der Waals surface area contributed by atoms with Gasteiger partial charge in [0.15, 0.2) is 0 Å². The van der Waals surface area contributed by atoms with E-state index in [1.54, 1.807) is 11.3 Å². The zero-order chi connectivity index (χ0) is 9.84. The lowest BCUT2D eigenvalue weighted by molar-refractivity contribution is 1.18. The second kappa shape index (κ2) is 4.93. The van der Waals surface area contributed by atoms with E-state index in [0.717, 1.165) is 27.1 Å². The van der Waals surface area contributed by atoms with E-state index in [4.69, 9.17) is 18.0 Å². The van der Waals surface area contributed by atoms with Gasteiger partial charge in [0.2, 0.25) is 0 Å². The summed E-state index contributed by atoms with van der Waals surface area (Å²) in [7, 11) is 0. The molecule has 0 atom stereocenters. The summed E-state index contributed by atoms with van der Waals surface area (Å²) in [6.45, 7) is 4.09. The number of thiazole rings is 1. The molecule has 1 heterocycles. The predicted octanol–water partition coefficient (Wildman–Crippen LogP) is 2.34. The Bertz CT molecular complexity index is 306. The lowest BCUT2D eigenvalue weighted by atomic mass is 10.4. The van der Waals surface area contributed by atoms with Crippen LogP contribution in [-0.2, 0) is 5.75 Å². The third-order valence-electron chi connectivity index (χ3n) is 1.49. The van der Waals surface area contributed by atoms with Crippen molar-refractivity contribution in [2.75, 3.05) is 5.75 Å². The van der Waals surface area contributed by atoms with Crippen LogP contribution in [-0.4, -0.2) is 15.7 Å². The van der Waals surface area contributed by atoms with Crippen molar-refractivity contribution in [1.82, 2.24) is 4.98 Å². The third kappa shape index (κ3) is 2.93. The summed E-state index contributed by atoms with van der Waals surface area (Å²) in [5, 5.41) is 1.12. The summed E-state index contributed by atoms with van der Waals surface area (Å²) in [5.41, 5.74) is 6.51. The number of thioether (sulfide) groups is 1. The van der Waals surface area contributed by atoms with Gasteiger partial charge in [0.05, 0.1) is 10.6 Å². The van der Waals surface area contributed by atoms with E-state index in [0.29, 0.717) is 4.99 Å². The molecule has 72 valence electrons. The number of nitrogens with two attached hydrogens (primary N) is 1.